The lowest BCUT2D eigenvalue weighted by atomic mass is 10.2. The summed E-state index contributed by atoms with van der Waals surface area (Å²) in [6.45, 7) is 3.91. The van der Waals surface area contributed by atoms with Crippen molar-refractivity contribution in [3.63, 3.8) is 0 Å². The van der Waals surface area contributed by atoms with Gasteiger partial charge in [-0.15, -0.1) is 0 Å². The minimum atomic E-state index is -0.0313. The Hall–Kier alpha value is -2.39. The zero-order valence-electron chi connectivity index (χ0n) is 13.7. The predicted molar refractivity (Wildman–Crippen MR) is 90.1 cm³/mol. The zero-order chi connectivity index (χ0) is 16.9. The number of piperazine rings is 1. The molecule has 6 nitrogen and oxygen atoms in total. The second-order valence-electron chi connectivity index (χ2n) is 6.43. The second kappa shape index (κ2) is 7.45. The fourth-order valence-corrected chi connectivity index (χ4v) is 2.89. The number of hydrogen-bond acceptors (Lipinski definition) is 4. The van der Waals surface area contributed by atoms with E-state index in [1.165, 1.54) is 0 Å². The Kier molecular flexibility index (Phi) is 5.11. The van der Waals surface area contributed by atoms with Gasteiger partial charge in [-0.2, -0.15) is 5.26 Å². The average molecular weight is 326 g/mol. The van der Waals surface area contributed by atoms with Crippen LogP contribution in [0.5, 0.6) is 0 Å². The number of amides is 2. The van der Waals surface area contributed by atoms with Crippen LogP contribution in [-0.2, 0) is 9.59 Å². The maximum atomic E-state index is 12.0. The predicted octanol–water partition coefficient (Wildman–Crippen LogP) is 1.44. The molecule has 2 fully saturated rings. The molecule has 0 aromatic heterocycles. The van der Waals surface area contributed by atoms with Crippen molar-refractivity contribution in [3.05, 3.63) is 29.8 Å². The van der Waals surface area contributed by atoms with Gasteiger partial charge in [0.15, 0.2) is 0 Å². The van der Waals surface area contributed by atoms with Gasteiger partial charge in [0.05, 0.1) is 11.6 Å². The molecule has 1 aromatic rings. The molecule has 2 amide bonds. The molecule has 1 aliphatic heterocycles. The van der Waals surface area contributed by atoms with Gasteiger partial charge in [0.1, 0.15) is 0 Å². The minimum Gasteiger partial charge on any atom is -0.340 e. The van der Waals surface area contributed by atoms with Gasteiger partial charge >= 0.3 is 0 Å². The molecule has 1 N–H and O–H groups in total. The highest BCUT2D eigenvalue weighted by atomic mass is 16.2. The molecule has 1 saturated carbocycles. The molecule has 0 radical (unpaired) electrons. The number of nitrogens with zero attached hydrogens (tertiary/aromatic N) is 3. The quantitative estimate of drug-likeness (QED) is 0.888. The highest BCUT2D eigenvalue weighted by molar-refractivity contribution is 5.90. The monoisotopic (exact) mass is 326 g/mol. The molecule has 126 valence electrons. The molecule has 24 heavy (non-hydrogen) atoms. The first kappa shape index (κ1) is 16.5. The lowest BCUT2D eigenvalue weighted by Crippen LogP contribution is -2.49. The second-order valence-corrected chi connectivity index (χ2v) is 6.43. The number of nitriles is 1. The first-order valence-electron chi connectivity index (χ1n) is 8.47. The molecule has 0 unspecified atom stereocenters. The molecule has 0 spiro atoms. The molecule has 2 aliphatic rings. The normalized spacial score (nSPS) is 18.0. The third-order valence-electron chi connectivity index (χ3n) is 4.56. The smallest absolute Gasteiger partial charge is 0.225 e. The van der Waals surface area contributed by atoms with Crippen LogP contribution in [0.4, 0.5) is 5.69 Å². The number of hydrogen-bond donors (Lipinski definition) is 1. The number of benzene rings is 1. The molecular formula is C18H22N4O2. The summed E-state index contributed by atoms with van der Waals surface area (Å²) in [6.07, 6.45) is 2.53. The summed E-state index contributed by atoms with van der Waals surface area (Å²) < 4.78 is 0. The topological polar surface area (TPSA) is 76.4 Å². The van der Waals surface area contributed by atoms with Gasteiger partial charge in [0.2, 0.25) is 11.8 Å². The van der Waals surface area contributed by atoms with E-state index < -0.39 is 0 Å². The SMILES string of the molecule is N#Cc1ccc(NC(=O)CCN2CCN(C(=O)C3CC3)CC2)cc1. The Labute approximate surface area is 142 Å². The van der Waals surface area contributed by atoms with Crippen molar-refractivity contribution in [2.24, 2.45) is 5.92 Å². The summed E-state index contributed by atoms with van der Waals surface area (Å²) in [5, 5.41) is 11.6. The number of anilines is 1. The Morgan fingerprint density at radius 1 is 1.12 bits per heavy atom. The molecule has 1 heterocycles. The molecule has 3 rings (SSSR count). The van der Waals surface area contributed by atoms with Crippen LogP contribution in [0.15, 0.2) is 24.3 Å². The maximum Gasteiger partial charge on any atom is 0.225 e. The van der Waals surface area contributed by atoms with Crippen molar-refractivity contribution in [1.82, 2.24) is 9.80 Å². The van der Waals surface area contributed by atoms with Gasteiger partial charge in [-0.25, -0.2) is 0 Å². The van der Waals surface area contributed by atoms with E-state index in [1.54, 1.807) is 24.3 Å². The van der Waals surface area contributed by atoms with Gasteiger partial charge < -0.3 is 10.2 Å². The highest BCUT2D eigenvalue weighted by Crippen LogP contribution is 2.31. The highest BCUT2D eigenvalue weighted by Gasteiger charge is 2.34. The maximum absolute atomic E-state index is 12.0. The number of rotatable bonds is 5. The Morgan fingerprint density at radius 2 is 1.79 bits per heavy atom. The standard InChI is InChI=1S/C18H22N4O2/c19-13-14-1-5-16(6-2-14)20-17(23)7-8-21-9-11-22(12-10-21)18(24)15-3-4-15/h1-2,5-6,15H,3-4,7-12H2,(H,20,23). The van der Waals surface area contributed by atoms with E-state index in [0.717, 1.165) is 39.0 Å². The molecular weight excluding hydrogens is 304 g/mol. The van der Waals surface area contributed by atoms with Crippen LogP contribution in [0.1, 0.15) is 24.8 Å². The Balaban J connectivity index is 1.37. The van der Waals surface area contributed by atoms with Gasteiger partial charge in [-0.1, -0.05) is 0 Å². The van der Waals surface area contributed by atoms with Gasteiger partial charge in [-0.05, 0) is 37.1 Å². The van der Waals surface area contributed by atoms with Crippen molar-refractivity contribution in [2.45, 2.75) is 19.3 Å². The van der Waals surface area contributed by atoms with Crippen molar-refractivity contribution in [1.29, 1.82) is 5.26 Å². The van der Waals surface area contributed by atoms with Crippen LogP contribution in [0.25, 0.3) is 0 Å². The Morgan fingerprint density at radius 3 is 2.38 bits per heavy atom. The van der Waals surface area contributed by atoms with Crippen LogP contribution < -0.4 is 5.32 Å². The molecule has 6 heteroatoms. The fourth-order valence-electron chi connectivity index (χ4n) is 2.89. The fraction of sp³-hybridized carbons (Fsp3) is 0.500. The molecule has 1 aliphatic carbocycles. The lowest BCUT2D eigenvalue weighted by molar-refractivity contribution is -0.134. The molecule has 1 saturated heterocycles. The molecule has 0 bridgehead atoms. The Bertz CT molecular complexity index is 638. The zero-order valence-corrected chi connectivity index (χ0v) is 13.7. The van der Waals surface area contributed by atoms with E-state index in [2.05, 4.69) is 16.3 Å². The van der Waals surface area contributed by atoms with E-state index in [-0.39, 0.29) is 11.8 Å². The van der Waals surface area contributed by atoms with E-state index >= 15 is 0 Å². The summed E-state index contributed by atoms with van der Waals surface area (Å²) >= 11 is 0. The lowest BCUT2D eigenvalue weighted by Gasteiger charge is -2.34. The van der Waals surface area contributed by atoms with E-state index in [9.17, 15) is 9.59 Å². The number of nitrogens with one attached hydrogen (secondary N) is 1. The summed E-state index contributed by atoms with van der Waals surface area (Å²) in [5.41, 5.74) is 1.28. The van der Waals surface area contributed by atoms with Crippen molar-refractivity contribution < 1.29 is 9.59 Å². The average Bonchev–Trinajstić information content (AvgIpc) is 3.45. The van der Waals surface area contributed by atoms with Gasteiger partial charge in [0, 0.05) is 50.7 Å². The van der Waals surface area contributed by atoms with Crippen LogP contribution >= 0.6 is 0 Å². The summed E-state index contributed by atoms with van der Waals surface area (Å²) in [6, 6.07) is 8.89. The van der Waals surface area contributed by atoms with Crippen LogP contribution in [0.2, 0.25) is 0 Å². The van der Waals surface area contributed by atoms with E-state index in [4.69, 9.17) is 5.26 Å². The molecule has 1 aromatic carbocycles. The van der Waals surface area contributed by atoms with E-state index in [1.807, 2.05) is 4.90 Å². The van der Waals surface area contributed by atoms with Crippen LogP contribution in [0.3, 0.4) is 0 Å². The van der Waals surface area contributed by atoms with Gasteiger partial charge in [-0.3, -0.25) is 14.5 Å². The summed E-state index contributed by atoms with van der Waals surface area (Å²) in [4.78, 5) is 28.2. The van der Waals surface area contributed by atoms with Crippen molar-refractivity contribution in [3.8, 4) is 6.07 Å². The molecule has 0 atom stereocenters. The third kappa shape index (κ3) is 4.33. The third-order valence-corrected chi connectivity index (χ3v) is 4.56. The summed E-state index contributed by atoms with van der Waals surface area (Å²) in [7, 11) is 0. The van der Waals surface area contributed by atoms with Crippen LogP contribution in [-0.4, -0.2) is 54.3 Å². The first-order valence-corrected chi connectivity index (χ1v) is 8.47. The van der Waals surface area contributed by atoms with Crippen LogP contribution in [0, 0.1) is 17.2 Å². The largest absolute Gasteiger partial charge is 0.340 e. The number of carbonyl (C=O) groups excluding carboxylic acids is 2. The number of carbonyl (C=O) groups is 2. The minimum absolute atomic E-state index is 0.0313. The van der Waals surface area contributed by atoms with Gasteiger partial charge in [0.25, 0.3) is 0 Å². The summed E-state index contributed by atoms with van der Waals surface area (Å²) in [5.74, 6) is 0.569. The first-order chi connectivity index (χ1) is 11.7. The van der Waals surface area contributed by atoms with Crippen molar-refractivity contribution in [2.75, 3.05) is 38.0 Å². The van der Waals surface area contributed by atoms with Crippen molar-refractivity contribution >= 4 is 17.5 Å². The van der Waals surface area contributed by atoms with E-state index in [0.29, 0.717) is 30.1 Å².